The number of nitrogens with zero attached hydrogens (tertiary/aromatic N) is 5. The topological polar surface area (TPSA) is 556 Å². The molecule has 6 rings (SSSR count). The zero-order valence-electron chi connectivity index (χ0n) is 59.2. The van der Waals surface area contributed by atoms with Crippen LogP contribution in [0.25, 0.3) is 11.2 Å². The van der Waals surface area contributed by atoms with Gasteiger partial charge in [0.15, 0.2) is 17.7 Å². The highest BCUT2D eigenvalue weighted by atomic mass is 32.2. The fourth-order valence-corrected chi connectivity index (χ4v) is 15.8. The van der Waals surface area contributed by atoms with E-state index in [1.54, 1.807) is 0 Å². The number of anilines is 1. The van der Waals surface area contributed by atoms with Crippen LogP contribution >= 0.6 is 47.0 Å². The fourth-order valence-electron chi connectivity index (χ4n) is 10.4. The number of nitrogens with two attached hydrogens (primary N) is 1. The molecule has 4 aliphatic heterocycles. The van der Waals surface area contributed by atoms with Gasteiger partial charge >= 0.3 is 29.5 Å². The second-order valence-electron chi connectivity index (χ2n) is 24.5. The van der Waals surface area contributed by atoms with E-state index in [0.29, 0.717) is 144 Å². The van der Waals surface area contributed by atoms with Crippen LogP contribution in [0.15, 0.2) is 12.7 Å². The molecule has 2 aromatic heterocycles. The monoisotopic (exact) mass is 1620 g/mol. The maximum atomic E-state index is 13.0. The first-order valence-electron chi connectivity index (χ1n) is 34.4. The maximum absolute atomic E-state index is 13.0. The third kappa shape index (κ3) is 34.1. The predicted molar refractivity (Wildman–Crippen MR) is 373 cm³/mol. The fraction of sp³-hybridized carbons (Fsp3) is 0.814. The molecule has 42 nitrogen and oxygen atoms in total. The Labute approximate surface area is 620 Å². The molecule has 47 heteroatoms. The van der Waals surface area contributed by atoms with Gasteiger partial charge in [0.05, 0.1) is 189 Å². The van der Waals surface area contributed by atoms with Crippen LogP contribution in [-0.2, 0) is 112 Å². The van der Waals surface area contributed by atoms with Crippen LogP contribution in [0.3, 0.4) is 0 Å². The third-order valence-corrected chi connectivity index (χ3v) is 21.7. The van der Waals surface area contributed by atoms with Crippen molar-refractivity contribution in [3.05, 3.63) is 12.7 Å². The number of hydrogen-bond donors (Lipinski definition) is 12. The zero-order chi connectivity index (χ0) is 76.8. The lowest BCUT2D eigenvalue weighted by molar-refractivity contribution is -0.139. The Morgan fingerprint density at radius 1 is 0.698 bits per heavy atom. The number of imide groups is 1. The van der Waals surface area contributed by atoms with E-state index in [-0.39, 0.29) is 111 Å². The summed E-state index contributed by atoms with van der Waals surface area (Å²) in [5.74, 6) is -1.08. The summed E-state index contributed by atoms with van der Waals surface area (Å²) in [6, 6.07) is 0.337. The number of carbonyl (C=O) groups excluding carboxylic acids is 6. The number of aliphatic hydroxyl groups excluding tert-OH is 2. The van der Waals surface area contributed by atoms with Crippen molar-refractivity contribution in [1.82, 2.24) is 51.0 Å². The van der Waals surface area contributed by atoms with E-state index >= 15 is 0 Å². The summed E-state index contributed by atoms with van der Waals surface area (Å²) < 4.78 is 123. The van der Waals surface area contributed by atoms with Crippen LogP contribution in [0.2, 0.25) is 0 Å². The lowest BCUT2D eigenvalue weighted by Crippen LogP contribution is -2.46. The van der Waals surface area contributed by atoms with Gasteiger partial charge in [-0.3, -0.25) is 47.0 Å². The Balaban J connectivity index is 0.641. The van der Waals surface area contributed by atoms with Gasteiger partial charge < -0.3 is 119 Å². The minimum Gasteiger partial charge on any atom is -0.386 e. The molecule has 4 saturated heterocycles. The summed E-state index contributed by atoms with van der Waals surface area (Å²) in [6.07, 6.45) is -3.98. The number of unbranched alkanes of at least 4 members (excludes halogenated alkanes) is 1. The number of phosphoric ester groups is 3. The van der Waals surface area contributed by atoms with Crippen molar-refractivity contribution in [2.24, 2.45) is 5.41 Å². The lowest BCUT2D eigenvalue weighted by Gasteiger charge is -2.30. The average molecular weight is 1620 g/mol. The van der Waals surface area contributed by atoms with Gasteiger partial charge in [0.25, 0.3) is 0 Å². The molecule has 0 bridgehead atoms. The number of thioether (sulfide) groups is 2. The van der Waals surface area contributed by atoms with E-state index in [0.717, 1.165) is 47.1 Å². The molecule has 0 radical (unpaired) electrons. The molecule has 7 amide bonds. The van der Waals surface area contributed by atoms with Crippen molar-refractivity contribution in [2.75, 3.05) is 202 Å². The minimum atomic E-state index is -5.63. The number of fused-ring (bicyclic) bond motifs is 2. The number of hydrogen-bond acceptors (Lipinski definition) is 33. The quantitative estimate of drug-likeness (QED) is 0.0152. The molecule has 4 aliphatic rings. The normalized spacial score (nSPS) is 21.8. The molecule has 0 saturated carbocycles. The predicted octanol–water partition coefficient (Wildman–Crippen LogP) is -1.71. The molecule has 0 spiro atoms. The van der Waals surface area contributed by atoms with Gasteiger partial charge in [-0.15, -0.1) is 11.8 Å². The smallest absolute Gasteiger partial charge is 0.386 e. The van der Waals surface area contributed by atoms with Gasteiger partial charge in [0.1, 0.15) is 36.3 Å². The number of ether oxygens (including phenoxy) is 12. The molecule has 106 heavy (non-hydrogen) atoms. The average Bonchev–Trinajstić information content (AvgIpc) is 1.61. The van der Waals surface area contributed by atoms with Crippen molar-refractivity contribution < 1.29 is 147 Å². The van der Waals surface area contributed by atoms with Gasteiger partial charge in [-0.25, -0.2) is 33.4 Å². The molecule has 4 fully saturated rings. The SMILES string of the molecule is CC(C)(COP(=O)(O)OP(=O)(O)OC[C@H]1O[C@@H](n2cnc3c(N)ncnc32)[C@H](O)[C@@H]1OP(=O)(O)O)[C@@H](O)C(=O)NCCC(=O)NCCSC1CC(=O)N(CCOCCOCCOCCOCCOCCOCCOCCOCCOCCOCCOCCNC(=O)CCCC[C@@H]2SC[C@@H]3NC(=O)N[C@@H]32)C1=O. The first-order valence-corrected chi connectivity index (χ1v) is 41.0. The molecule has 13 N–H and O–H groups in total. The first-order chi connectivity index (χ1) is 50.7. The standard InChI is InChI=1S/C59H102N11O31P3S2/c1-59(2,38-98-104(84,85)101-103(82,83)97-36-42-51(100-102(79,80)81)50(74)57(99-42)70-40-66-49-53(60)64-39-65-54(49)70)52(75)55(76)63-8-7-46(72)62-10-34-105-44-35-47(73)69(56(44)77)11-13-87-15-17-89-19-21-91-23-25-93-27-29-95-31-33-96-32-30-94-28-26-92-24-22-90-20-18-88-16-14-86-12-9-61-45(71)6-4-3-5-43-48-41(37-106-43)67-58(78)68-48/h39-44,48,50-52,57,74-75H,3-38H2,1-2H3,(H,61,71)(H,62,72)(H,63,76)(H,82,83)(H,84,85)(H2,60,64,65)(H2,67,68,78)(H2,79,80,81)/t41-,42+,43-,44?,48-,50+,51+,52-,57+/m0/s1. The number of likely N-dealkylation sites (tertiary alicyclic amines) is 1. The molecule has 0 aliphatic carbocycles. The van der Waals surface area contributed by atoms with E-state index in [2.05, 4.69) is 50.4 Å². The number of carbonyl (C=O) groups is 6. The summed E-state index contributed by atoms with van der Waals surface area (Å²) in [7, 11) is -16.6. The van der Waals surface area contributed by atoms with Crippen molar-refractivity contribution in [2.45, 2.75) is 106 Å². The van der Waals surface area contributed by atoms with E-state index in [1.807, 2.05) is 11.8 Å². The van der Waals surface area contributed by atoms with Crippen LogP contribution in [0.5, 0.6) is 0 Å². The second kappa shape index (κ2) is 48.5. The van der Waals surface area contributed by atoms with Crippen LogP contribution in [0.4, 0.5) is 10.6 Å². The second-order valence-corrected chi connectivity index (χ2v) is 31.3. The number of rotatable bonds is 61. The number of nitrogen functional groups attached to an aromatic ring is 1. The van der Waals surface area contributed by atoms with Crippen molar-refractivity contribution in [3.63, 3.8) is 0 Å². The highest BCUT2D eigenvalue weighted by molar-refractivity contribution is 8.00. The maximum Gasteiger partial charge on any atom is 0.481 e. The van der Waals surface area contributed by atoms with Gasteiger partial charge in [-0.05, 0) is 12.8 Å². The lowest BCUT2D eigenvalue weighted by atomic mass is 9.87. The molecule has 3 unspecified atom stereocenters. The molecule has 606 valence electrons. The molecule has 6 heterocycles. The van der Waals surface area contributed by atoms with Crippen LogP contribution < -0.4 is 32.3 Å². The molecule has 11 atom stereocenters. The Kier molecular flexibility index (Phi) is 41.4. The Hall–Kier alpha value is -4.32. The van der Waals surface area contributed by atoms with Gasteiger partial charge in [-0.1, -0.05) is 20.3 Å². The number of nitrogens with one attached hydrogen (secondary N) is 5. The largest absolute Gasteiger partial charge is 0.481 e. The third-order valence-electron chi connectivity index (χ3n) is 15.9. The Morgan fingerprint density at radius 3 is 1.79 bits per heavy atom. The minimum absolute atomic E-state index is 0.0131. The summed E-state index contributed by atoms with van der Waals surface area (Å²) in [4.78, 5) is 127. The van der Waals surface area contributed by atoms with E-state index in [1.165, 1.54) is 25.6 Å². The first kappa shape index (κ1) is 90.6. The van der Waals surface area contributed by atoms with Crippen LogP contribution in [0.1, 0.15) is 58.6 Å². The molecule has 0 aromatic carbocycles. The number of urea groups is 1. The van der Waals surface area contributed by atoms with E-state index < -0.39 is 89.8 Å². The zero-order valence-corrected chi connectivity index (χ0v) is 63.5. The summed E-state index contributed by atoms with van der Waals surface area (Å²) in [5.41, 5.74) is 4.20. The summed E-state index contributed by atoms with van der Waals surface area (Å²) in [5, 5.41) is 35.3. The highest BCUT2D eigenvalue weighted by Gasteiger charge is 2.51. The highest BCUT2D eigenvalue weighted by Crippen LogP contribution is 2.61. The van der Waals surface area contributed by atoms with Gasteiger partial charge in [0, 0.05) is 61.1 Å². The van der Waals surface area contributed by atoms with Crippen LogP contribution in [0, 0.1) is 5.41 Å². The Bertz CT molecular complexity index is 3140. The number of amides is 7. The number of aromatic nitrogens is 4. The van der Waals surface area contributed by atoms with Crippen molar-refractivity contribution in [1.29, 1.82) is 0 Å². The number of phosphoric acid groups is 3. The number of aliphatic hydroxyl groups is 2. The van der Waals surface area contributed by atoms with Gasteiger partial charge in [0.2, 0.25) is 29.5 Å². The molecular formula is C59H102N11O31P3S2. The van der Waals surface area contributed by atoms with Crippen molar-refractivity contribution >= 4 is 99.5 Å². The van der Waals surface area contributed by atoms with Gasteiger partial charge in [-0.2, -0.15) is 16.1 Å². The van der Waals surface area contributed by atoms with E-state index in [4.69, 9.17) is 71.6 Å². The number of imidazole rings is 1. The molecular weight excluding hydrogens is 1520 g/mol. The summed E-state index contributed by atoms with van der Waals surface area (Å²) >= 11 is 3.07. The summed E-state index contributed by atoms with van der Waals surface area (Å²) in [6.45, 7) is 9.12. The Morgan fingerprint density at radius 2 is 1.23 bits per heavy atom. The van der Waals surface area contributed by atoms with Crippen LogP contribution in [-0.4, -0.2) is 333 Å². The van der Waals surface area contributed by atoms with Crippen molar-refractivity contribution in [3.8, 4) is 0 Å². The van der Waals surface area contributed by atoms with E-state index in [9.17, 15) is 72.2 Å². The molecule has 2 aromatic rings.